The highest BCUT2D eigenvalue weighted by Crippen LogP contribution is 2.31. The molecule has 28 heavy (non-hydrogen) atoms. The summed E-state index contributed by atoms with van der Waals surface area (Å²) in [6, 6.07) is 8.10. The van der Waals surface area contributed by atoms with Crippen molar-refractivity contribution in [1.29, 1.82) is 0 Å². The summed E-state index contributed by atoms with van der Waals surface area (Å²) in [5, 5.41) is 0.459. The van der Waals surface area contributed by atoms with Gasteiger partial charge in [-0.15, -0.1) is 12.4 Å². The van der Waals surface area contributed by atoms with E-state index in [-0.39, 0.29) is 29.6 Å². The number of nitrogens with zero attached hydrogens (tertiary/aromatic N) is 3. The largest absolute Gasteiger partial charge is 0.444 e. The number of para-hydroxylation sites is 1. The first kappa shape index (κ1) is 21.2. The summed E-state index contributed by atoms with van der Waals surface area (Å²) in [5.74, 6) is -0.478. The van der Waals surface area contributed by atoms with Gasteiger partial charge < -0.3 is 9.15 Å². The lowest BCUT2D eigenvalue weighted by atomic mass is 10.3. The summed E-state index contributed by atoms with van der Waals surface area (Å²) in [5.41, 5.74) is 0.280. The molecule has 0 unspecified atom stereocenters. The molecular formula is C18H18BrClFN3O3S. The van der Waals surface area contributed by atoms with Gasteiger partial charge in [-0.05, 0) is 40.2 Å². The molecule has 0 N–H and O–H groups in total. The Labute approximate surface area is 179 Å². The molecule has 0 atom stereocenters. The molecule has 0 aliphatic carbocycles. The van der Waals surface area contributed by atoms with Crippen molar-refractivity contribution in [3.63, 3.8) is 0 Å². The number of amides is 1. The Hall–Kier alpha value is -1.52. The van der Waals surface area contributed by atoms with E-state index >= 15 is 0 Å². The molecule has 1 aliphatic rings. The number of benzene rings is 1. The fourth-order valence-electron chi connectivity index (χ4n) is 2.93. The number of fused-ring (bicyclic) bond motifs is 1. The molecule has 3 heterocycles. The van der Waals surface area contributed by atoms with Crippen LogP contribution in [0.15, 0.2) is 39.4 Å². The van der Waals surface area contributed by atoms with Gasteiger partial charge in [0.2, 0.25) is 0 Å². The van der Waals surface area contributed by atoms with E-state index in [2.05, 4.69) is 25.8 Å². The van der Waals surface area contributed by atoms with Gasteiger partial charge in [-0.1, -0.05) is 17.4 Å². The van der Waals surface area contributed by atoms with Crippen molar-refractivity contribution in [3.05, 3.63) is 46.6 Å². The van der Waals surface area contributed by atoms with Gasteiger partial charge in [0.05, 0.1) is 17.9 Å². The predicted octanol–water partition coefficient (Wildman–Crippen LogP) is 4.19. The van der Waals surface area contributed by atoms with Crippen LogP contribution in [0.1, 0.15) is 10.6 Å². The third-order valence-corrected chi connectivity index (χ3v) is 5.83. The summed E-state index contributed by atoms with van der Waals surface area (Å²) in [6.45, 7) is 4.12. The number of thiazole rings is 1. The van der Waals surface area contributed by atoms with Crippen molar-refractivity contribution in [2.75, 3.05) is 44.3 Å². The molecule has 2 aromatic heterocycles. The number of halogens is 3. The third kappa shape index (κ3) is 4.55. The number of furan rings is 1. The normalized spacial score (nSPS) is 14.8. The van der Waals surface area contributed by atoms with Gasteiger partial charge in [-0.25, -0.2) is 9.37 Å². The topological polar surface area (TPSA) is 58.8 Å². The Bertz CT molecular complexity index is 961. The lowest BCUT2D eigenvalue weighted by molar-refractivity contribution is 0.0390. The predicted molar refractivity (Wildman–Crippen MR) is 112 cm³/mol. The molecule has 0 saturated carbocycles. The van der Waals surface area contributed by atoms with E-state index in [1.54, 1.807) is 29.2 Å². The van der Waals surface area contributed by atoms with E-state index in [0.29, 0.717) is 40.8 Å². The molecule has 1 amide bonds. The molecule has 1 aromatic carbocycles. The Morgan fingerprint density at radius 1 is 1.29 bits per heavy atom. The number of aromatic nitrogens is 1. The SMILES string of the molecule is Cl.O=C(c1ccc(Br)o1)N(CCN1CCOCC1)c1nc2c(F)cccc2s1. The number of hydrogen-bond acceptors (Lipinski definition) is 6. The zero-order valence-corrected chi connectivity index (χ0v) is 18.0. The van der Waals surface area contributed by atoms with E-state index in [1.165, 1.54) is 17.4 Å². The quantitative estimate of drug-likeness (QED) is 0.537. The van der Waals surface area contributed by atoms with Crippen molar-refractivity contribution >= 4 is 60.9 Å². The van der Waals surface area contributed by atoms with Crippen LogP contribution in [0.4, 0.5) is 9.52 Å². The fourth-order valence-corrected chi connectivity index (χ4v) is 4.24. The average molecular weight is 491 g/mol. The minimum Gasteiger partial charge on any atom is -0.444 e. The zero-order valence-electron chi connectivity index (χ0n) is 14.8. The van der Waals surface area contributed by atoms with E-state index in [1.807, 2.05) is 0 Å². The number of rotatable bonds is 5. The van der Waals surface area contributed by atoms with Crippen LogP contribution in [0.25, 0.3) is 10.2 Å². The molecule has 1 fully saturated rings. The van der Waals surface area contributed by atoms with Crippen LogP contribution in [-0.4, -0.2) is 55.2 Å². The Kier molecular flexibility index (Phi) is 7.05. The molecule has 6 nitrogen and oxygen atoms in total. The molecule has 3 aromatic rings. The first-order valence-corrected chi connectivity index (χ1v) is 10.1. The minimum absolute atomic E-state index is 0. The number of carbonyl (C=O) groups is 1. The monoisotopic (exact) mass is 489 g/mol. The Morgan fingerprint density at radius 3 is 2.75 bits per heavy atom. The van der Waals surface area contributed by atoms with Crippen LogP contribution < -0.4 is 4.90 Å². The van der Waals surface area contributed by atoms with Crippen LogP contribution in [0.3, 0.4) is 0 Å². The summed E-state index contributed by atoms with van der Waals surface area (Å²) < 4.78 is 26.0. The van der Waals surface area contributed by atoms with E-state index in [4.69, 9.17) is 9.15 Å². The number of morpholine rings is 1. The van der Waals surface area contributed by atoms with Crippen molar-refractivity contribution in [3.8, 4) is 0 Å². The Morgan fingerprint density at radius 2 is 2.07 bits per heavy atom. The van der Waals surface area contributed by atoms with Gasteiger partial charge in [0.25, 0.3) is 5.91 Å². The maximum atomic E-state index is 14.1. The minimum atomic E-state index is -0.392. The van der Waals surface area contributed by atoms with Gasteiger partial charge in [0, 0.05) is 26.2 Å². The second kappa shape index (κ2) is 9.32. The van der Waals surface area contributed by atoms with Crippen molar-refractivity contribution in [1.82, 2.24) is 9.88 Å². The highest BCUT2D eigenvalue weighted by molar-refractivity contribution is 9.10. The fraction of sp³-hybridized carbons (Fsp3) is 0.333. The van der Waals surface area contributed by atoms with Gasteiger partial charge in [0.1, 0.15) is 11.3 Å². The van der Waals surface area contributed by atoms with Crippen molar-refractivity contribution in [2.24, 2.45) is 0 Å². The summed E-state index contributed by atoms with van der Waals surface area (Å²) in [4.78, 5) is 21.2. The number of hydrogen-bond donors (Lipinski definition) is 0. The highest BCUT2D eigenvalue weighted by Gasteiger charge is 2.25. The molecule has 10 heteroatoms. The van der Waals surface area contributed by atoms with Gasteiger partial charge >= 0.3 is 0 Å². The first-order valence-electron chi connectivity index (χ1n) is 8.54. The second-order valence-corrected chi connectivity index (χ2v) is 7.89. The second-order valence-electron chi connectivity index (χ2n) is 6.10. The van der Waals surface area contributed by atoms with E-state index < -0.39 is 5.82 Å². The van der Waals surface area contributed by atoms with Crippen molar-refractivity contribution < 1.29 is 18.3 Å². The van der Waals surface area contributed by atoms with Gasteiger partial charge in [-0.3, -0.25) is 14.6 Å². The summed E-state index contributed by atoms with van der Waals surface area (Å²) in [7, 11) is 0. The molecule has 0 bridgehead atoms. The number of carbonyl (C=O) groups excluding carboxylic acids is 1. The molecule has 4 rings (SSSR count). The maximum Gasteiger partial charge on any atom is 0.295 e. The van der Waals surface area contributed by atoms with E-state index in [9.17, 15) is 9.18 Å². The maximum absolute atomic E-state index is 14.1. The van der Waals surface area contributed by atoms with Crippen LogP contribution in [0, 0.1) is 5.82 Å². The molecule has 1 saturated heterocycles. The molecule has 150 valence electrons. The number of ether oxygens (including phenoxy) is 1. The first-order chi connectivity index (χ1) is 13.1. The zero-order chi connectivity index (χ0) is 18.8. The van der Waals surface area contributed by atoms with Gasteiger partial charge in [-0.2, -0.15) is 0 Å². The molecular weight excluding hydrogens is 473 g/mol. The molecule has 0 radical (unpaired) electrons. The van der Waals surface area contributed by atoms with Crippen molar-refractivity contribution in [2.45, 2.75) is 0 Å². The third-order valence-electron chi connectivity index (χ3n) is 4.36. The highest BCUT2D eigenvalue weighted by atomic mass is 79.9. The van der Waals surface area contributed by atoms with E-state index in [0.717, 1.165) is 13.1 Å². The van der Waals surface area contributed by atoms with Crippen LogP contribution >= 0.6 is 39.7 Å². The standard InChI is InChI=1S/C18H17BrFN3O3S.ClH/c19-15-5-4-13(26-15)17(24)23(7-6-22-8-10-25-11-9-22)18-21-16-12(20)2-1-3-14(16)27-18;/h1-5H,6-11H2;1H. The Balaban J connectivity index is 0.00000225. The van der Waals surface area contributed by atoms with Crippen LogP contribution in [0.2, 0.25) is 0 Å². The van der Waals surface area contributed by atoms with Gasteiger partial charge in [0.15, 0.2) is 15.6 Å². The smallest absolute Gasteiger partial charge is 0.295 e. The average Bonchev–Trinajstić information content (AvgIpc) is 3.30. The van der Waals surface area contributed by atoms with Crippen LogP contribution in [-0.2, 0) is 4.74 Å². The number of anilines is 1. The summed E-state index contributed by atoms with van der Waals surface area (Å²) >= 11 is 4.52. The molecule has 0 spiro atoms. The lowest BCUT2D eigenvalue weighted by Gasteiger charge is -2.28. The summed E-state index contributed by atoms with van der Waals surface area (Å²) in [6.07, 6.45) is 0. The molecule has 1 aliphatic heterocycles. The van der Waals surface area contributed by atoms with Crippen LogP contribution in [0.5, 0.6) is 0 Å². The lowest BCUT2D eigenvalue weighted by Crippen LogP contribution is -2.43.